The van der Waals surface area contributed by atoms with Crippen LogP contribution < -0.4 is 0 Å². The Morgan fingerprint density at radius 2 is 1.35 bits per heavy atom. The number of aldehydes is 1. The van der Waals surface area contributed by atoms with Crippen molar-refractivity contribution in [1.82, 2.24) is 19.9 Å². The quantitative estimate of drug-likeness (QED) is 0.510. The van der Waals surface area contributed by atoms with Gasteiger partial charge in [0.1, 0.15) is 0 Å². The van der Waals surface area contributed by atoms with Gasteiger partial charge in [0.15, 0.2) is 6.29 Å². The van der Waals surface area contributed by atoms with E-state index >= 15 is 0 Å². The summed E-state index contributed by atoms with van der Waals surface area (Å²) in [4.78, 5) is 27.1. The number of H-pyrrole nitrogens is 2. The zero-order valence-corrected chi connectivity index (χ0v) is 13.7. The fraction of sp³-hybridized carbons (Fsp3) is 0. The van der Waals surface area contributed by atoms with Crippen molar-refractivity contribution in [2.24, 2.45) is 0 Å². The number of hydrogen-bond donors (Lipinski definition) is 2. The molecule has 5 heterocycles. The maximum atomic E-state index is 11.5. The largest absolute Gasteiger partial charge is 0.355 e. The maximum absolute atomic E-state index is 11.5. The van der Waals surface area contributed by atoms with Crippen LogP contribution in [-0.4, -0.2) is 26.2 Å². The Labute approximate surface area is 150 Å². The number of carbonyl (C=O) groups excluding carboxylic acids is 1. The van der Waals surface area contributed by atoms with E-state index in [0.717, 1.165) is 27.8 Å². The Kier molecular flexibility index (Phi) is 2.95. The normalized spacial score (nSPS) is 13.8. The summed E-state index contributed by atoms with van der Waals surface area (Å²) in [6, 6.07) is 15.5. The molecule has 3 aromatic rings. The highest BCUT2D eigenvalue weighted by Gasteiger charge is 2.10. The third kappa shape index (κ3) is 2.65. The van der Waals surface area contributed by atoms with Crippen molar-refractivity contribution in [2.45, 2.75) is 0 Å². The van der Waals surface area contributed by atoms with Gasteiger partial charge in [0, 0.05) is 27.6 Å². The molecule has 0 unspecified atom stereocenters. The molecule has 0 saturated carbocycles. The Morgan fingerprint density at radius 3 is 2.00 bits per heavy atom. The van der Waals surface area contributed by atoms with E-state index in [2.05, 4.69) is 19.9 Å². The molecule has 124 valence electrons. The molecule has 26 heavy (non-hydrogen) atoms. The lowest BCUT2D eigenvalue weighted by atomic mass is 10.2. The molecule has 5 nitrogen and oxygen atoms in total. The summed E-state index contributed by atoms with van der Waals surface area (Å²) in [6.45, 7) is 0. The topological polar surface area (TPSA) is 74.4 Å². The van der Waals surface area contributed by atoms with E-state index in [9.17, 15) is 4.79 Å². The minimum Gasteiger partial charge on any atom is -0.355 e. The van der Waals surface area contributed by atoms with Gasteiger partial charge in [-0.25, -0.2) is 9.97 Å². The molecule has 5 rings (SSSR count). The average molecular weight is 339 g/mol. The minimum absolute atomic E-state index is 0.118. The second-order valence-electron chi connectivity index (χ2n) is 6.15. The van der Waals surface area contributed by atoms with Crippen LogP contribution in [-0.2, 0) is 4.79 Å². The van der Waals surface area contributed by atoms with E-state index in [0.29, 0.717) is 23.4 Å². The van der Waals surface area contributed by atoms with Crippen LogP contribution in [0.2, 0.25) is 0 Å². The standard InChI is InChI=1S/C21H14N4O/c26-12-13-7-20-10-18-4-3-16(23-18)8-14-1-2-15(22-14)9-17-5-6-19(24-17)11-21(13)25-20/h1-12,22-23H/i7D. The lowest BCUT2D eigenvalue weighted by molar-refractivity contribution is -0.103. The van der Waals surface area contributed by atoms with Gasteiger partial charge in [-0.3, -0.25) is 4.79 Å². The molecule has 0 spiro atoms. The fourth-order valence-corrected chi connectivity index (χ4v) is 3.05. The summed E-state index contributed by atoms with van der Waals surface area (Å²) in [5.74, 6) is 0. The van der Waals surface area contributed by atoms with Gasteiger partial charge in [-0.15, -0.1) is 0 Å². The van der Waals surface area contributed by atoms with E-state index in [-0.39, 0.29) is 11.6 Å². The molecule has 0 aliphatic carbocycles. The second kappa shape index (κ2) is 5.67. The van der Waals surface area contributed by atoms with E-state index in [1.165, 1.54) is 0 Å². The molecule has 2 aliphatic heterocycles. The average Bonchev–Trinajstić information content (AvgIpc) is 3.41. The van der Waals surface area contributed by atoms with Crippen LogP contribution in [0.4, 0.5) is 0 Å². The van der Waals surface area contributed by atoms with Crippen molar-refractivity contribution in [2.75, 3.05) is 0 Å². The van der Waals surface area contributed by atoms with Gasteiger partial charge >= 0.3 is 0 Å². The first-order chi connectivity index (χ1) is 13.2. The Bertz CT molecular complexity index is 1310. The zero-order valence-electron chi connectivity index (χ0n) is 14.7. The van der Waals surface area contributed by atoms with E-state index in [1.54, 1.807) is 12.1 Å². The summed E-state index contributed by atoms with van der Waals surface area (Å²) < 4.78 is 8.27. The van der Waals surface area contributed by atoms with Crippen molar-refractivity contribution in [3.63, 3.8) is 0 Å². The first-order valence-electron chi connectivity index (χ1n) is 8.71. The second-order valence-corrected chi connectivity index (χ2v) is 6.15. The van der Waals surface area contributed by atoms with Gasteiger partial charge in [0.2, 0.25) is 0 Å². The highest BCUT2D eigenvalue weighted by atomic mass is 16.1. The number of carbonyl (C=O) groups is 1. The van der Waals surface area contributed by atoms with Crippen LogP contribution in [0.5, 0.6) is 0 Å². The number of aromatic amines is 2. The smallest absolute Gasteiger partial charge is 0.152 e. The first kappa shape index (κ1) is 13.5. The van der Waals surface area contributed by atoms with E-state index in [4.69, 9.17) is 1.37 Å². The molecule has 0 aromatic carbocycles. The van der Waals surface area contributed by atoms with Crippen molar-refractivity contribution >= 4 is 52.1 Å². The van der Waals surface area contributed by atoms with Gasteiger partial charge in [0.05, 0.1) is 24.1 Å². The number of aromatic nitrogens is 4. The molecule has 0 atom stereocenters. The highest BCUT2D eigenvalue weighted by Crippen LogP contribution is 2.21. The summed E-state index contributed by atoms with van der Waals surface area (Å²) in [5, 5.41) is 0. The third-order valence-corrected chi connectivity index (χ3v) is 4.23. The lowest BCUT2D eigenvalue weighted by Gasteiger charge is -1.89. The summed E-state index contributed by atoms with van der Waals surface area (Å²) in [7, 11) is 0. The summed E-state index contributed by atoms with van der Waals surface area (Å²) in [5.41, 5.74) is 6.34. The van der Waals surface area contributed by atoms with Crippen molar-refractivity contribution in [1.29, 1.82) is 0 Å². The lowest BCUT2D eigenvalue weighted by Crippen LogP contribution is -1.83. The van der Waals surface area contributed by atoms with Gasteiger partial charge in [-0.05, 0) is 66.7 Å². The van der Waals surface area contributed by atoms with Gasteiger partial charge in [-0.1, -0.05) is 0 Å². The summed E-state index contributed by atoms with van der Waals surface area (Å²) >= 11 is 0. The Morgan fingerprint density at radius 1 is 0.769 bits per heavy atom. The van der Waals surface area contributed by atoms with Crippen LogP contribution in [0.15, 0.2) is 48.5 Å². The number of nitrogens with zero attached hydrogens (tertiary/aromatic N) is 2. The van der Waals surface area contributed by atoms with Gasteiger partial charge in [0.25, 0.3) is 0 Å². The predicted molar refractivity (Wildman–Crippen MR) is 104 cm³/mol. The van der Waals surface area contributed by atoms with Gasteiger partial charge in [-0.2, -0.15) is 0 Å². The first-order valence-corrected chi connectivity index (χ1v) is 8.21. The molecule has 0 saturated heterocycles. The fourth-order valence-electron chi connectivity index (χ4n) is 3.05. The van der Waals surface area contributed by atoms with Gasteiger partial charge < -0.3 is 9.97 Å². The zero-order chi connectivity index (χ0) is 18.4. The number of fused-ring (bicyclic) bond motifs is 8. The van der Waals surface area contributed by atoms with Crippen molar-refractivity contribution in [3.05, 3.63) is 71.3 Å². The molecular weight excluding hydrogens is 324 g/mol. The summed E-state index contributed by atoms with van der Waals surface area (Å²) in [6.07, 6.45) is 4.45. The minimum atomic E-state index is 0.118. The Hall–Kier alpha value is -3.73. The number of rotatable bonds is 1. The molecule has 0 amide bonds. The molecule has 3 aromatic heterocycles. The molecule has 8 bridgehead atoms. The molecule has 5 heteroatoms. The van der Waals surface area contributed by atoms with Crippen molar-refractivity contribution in [3.8, 4) is 0 Å². The predicted octanol–water partition coefficient (Wildman–Crippen LogP) is 4.22. The Balaban J connectivity index is 1.88. The SMILES string of the molecule is [2H]C1=C(C=O)c2cc3nc(cc4ccc(cc5ccc(cc1n2)[nH]5)[nH]4)C=C3. The van der Waals surface area contributed by atoms with Crippen LogP contribution >= 0.6 is 0 Å². The van der Waals surface area contributed by atoms with Crippen LogP contribution in [0.3, 0.4) is 0 Å². The molecule has 2 aliphatic rings. The van der Waals surface area contributed by atoms with Crippen molar-refractivity contribution < 1.29 is 6.17 Å². The number of nitrogens with one attached hydrogen (secondary N) is 2. The van der Waals surface area contributed by atoms with E-state index < -0.39 is 0 Å². The number of hydrogen-bond acceptors (Lipinski definition) is 3. The molecule has 0 radical (unpaired) electrons. The maximum Gasteiger partial charge on any atom is 0.152 e. The number of allylic oxidation sites excluding steroid dienone is 1. The van der Waals surface area contributed by atoms with Crippen LogP contribution in [0.25, 0.3) is 45.8 Å². The highest BCUT2D eigenvalue weighted by molar-refractivity contribution is 6.14. The van der Waals surface area contributed by atoms with E-state index in [1.807, 2.05) is 48.6 Å². The van der Waals surface area contributed by atoms with Crippen LogP contribution in [0.1, 0.15) is 24.1 Å². The van der Waals surface area contributed by atoms with Crippen LogP contribution in [0, 0.1) is 0 Å². The monoisotopic (exact) mass is 339 g/mol. The molecule has 2 N–H and O–H groups in total. The third-order valence-electron chi connectivity index (χ3n) is 4.23. The molecular formula is C21H14N4O. The molecule has 0 fully saturated rings.